The molecular weight excluding hydrogens is 360 g/mol. The van der Waals surface area contributed by atoms with E-state index in [4.69, 9.17) is 4.42 Å². The van der Waals surface area contributed by atoms with Crippen molar-refractivity contribution in [3.05, 3.63) is 64.5 Å². The van der Waals surface area contributed by atoms with Crippen molar-refractivity contribution in [2.75, 3.05) is 0 Å². The van der Waals surface area contributed by atoms with E-state index in [-0.39, 0.29) is 5.69 Å². The summed E-state index contributed by atoms with van der Waals surface area (Å²) in [4.78, 5) is 14.9. The van der Waals surface area contributed by atoms with E-state index in [1.807, 2.05) is 30.3 Å². The summed E-state index contributed by atoms with van der Waals surface area (Å²) in [5, 5.41) is 18.9. The largest absolute Gasteiger partial charge is 0.420 e. The molecule has 9 heteroatoms. The molecule has 4 rings (SSSR count). The second-order valence-electron chi connectivity index (χ2n) is 5.04. The highest BCUT2D eigenvalue weighted by Crippen LogP contribution is 2.33. The Balaban J connectivity index is 1.49. The topological polar surface area (TPSA) is 95.0 Å². The van der Waals surface area contributed by atoms with Crippen LogP contribution < -0.4 is 0 Å². The Labute approximate surface area is 149 Å². The van der Waals surface area contributed by atoms with E-state index in [2.05, 4.69) is 15.2 Å². The van der Waals surface area contributed by atoms with Gasteiger partial charge in [-0.3, -0.25) is 10.1 Å². The molecule has 0 amide bonds. The number of fused-ring (bicyclic) bond motifs is 1. The minimum Gasteiger partial charge on any atom is -0.420 e. The van der Waals surface area contributed by atoms with Gasteiger partial charge in [0.1, 0.15) is 0 Å². The van der Waals surface area contributed by atoms with E-state index >= 15 is 0 Å². The van der Waals surface area contributed by atoms with Crippen LogP contribution in [0.1, 0.15) is 5.89 Å². The quantitative estimate of drug-likeness (QED) is 0.289. The number of hydrogen-bond donors (Lipinski definition) is 0. The first-order chi connectivity index (χ1) is 12.2. The summed E-state index contributed by atoms with van der Waals surface area (Å²) in [6, 6.07) is 14.2. The van der Waals surface area contributed by atoms with Gasteiger partial charge in [0, 0.05) is 17.7 Å². The van der Waals surface area contributed by atoms with Crippen LogP contribution in [0.4, 0.5) is 5.69 Å². The molecule has 0 N–H and O–H groups in total. The molecule has 0 atom stereocenters. The molecule has 0 fully saturated rings. The van der Waals surface area contributed by atoms with Gasteiger partial charge in [0.25, 0.3) is 5.69 Å². The number of nitro benzene ring substituents is 1. The molecule has 4 aromatic rings. The number of non-ortho nitro benzene ring substituents is 1. The molecule has 0 aliphatic rings. The molecule has 0 saturated carbocycles. The smallest absolute Gasteiger partial charge is 0.270 e. The van der Waals surface area contributed by atoms with E-state index in [0.29, 0.717) is 17.5 Å². The molecular formula is C16H10N4O3S2. The number of nitro groups is 1. The lowest BCUT2D eigenvalue weighted by molar-refractivity contribution is -0.384. The second kappa shape index (κ2) is 6.61. The first-order valence-electron chi connectivity index (χ1n) is 7.24. The van der Waals surface area contributed by atoms with E-state index in [1.54, 1.807) is 6.07 Å². The monoisotopic (exact) mass is 370 g/mol. The van der Waals surface area contributed by atoms with Gasteiger partial charge >= 0.3 is 0 Å². The summed E-state index contributed by atoms with van der Waals surface area (Å²) < 4.78 is 7.25. The number of hydrogen-bond acceptors (Lipinski definition) is 8. The summed E-state index contributed by atoms with van der Waals surface area (Å²) in [6.45, 7) is 0. The van der Waals surface area contributed by atoms with Crippen molar-refractivity contribution < 1.29 is 9.34 Å². The van der Waals surface area contributed by atoms with Gasteiger partial charge in [0.05, 0.1) is 20.9 Å². The van der Waals surface area contributed by atoms with Gasteiger partial charge in [-0.1, -0.05) is 30.0 Å². The molecule has 0 saturated heterocycles. The standard InChI is InChI=1S/C16H10N4O3S2/c21-20(22)11-6-7-12-13(8-11)25-16(17-12)24-9-14-18-19-15(23-14)10-4-2-1-3-5-10/h1-8H,9H2. The highest BCUT2D eigenvalue weighted by Gasteiger charge is 2.13. The van der Waals surface area contributed by atoms with Crippen LogP contribution in [0.5, 0.6) is 0 Å². The van der Waals surface area contributed by atoms with Crippen LogP contribution in [-0.2, 0) is 5.75 Å². The van der Waals surface area contributed by atoms with Crippen LogP contribution in [0.25, 0.3) is 21.7 Å². The van der Waals surface area contributed by atoms with E-state index in [1.165, 1.54) is 35.2 Å². The maximum Gasteiger partial charge on any atom is 0.270 e. The molecule has 2 aromatic carbocycles. The van der Waals surface area contributed by atoms with Gasteiger partial charge in [0.2, 0.25) is 11.8 Å². The SMILES string of the molecule is O=[N+]([O-])c1ccc2nc(SCc3nnc(-c4ccccc4)o3)sc2c1. The van der Waals surface area contributed by atoms with Crippen LogP contribution in [-0.4, -0.2) is 20.1 Å². The molecule has 2 aromatic heterocycles. The van der Waals surface area contributed by atoms with Crippen molar-refractivity contribution in [3.8, 4) is 11.5 Å². The number of benzene rings is 2. The van der Waals surface area contributed by atoms with Gasteiger partial charge < -0.3 is 4.42 Å². The van der Waals surface area contributed by atoms with Crippen LogP contribution in [0.2, 0.25) is 0 Å². The fraction of sp³-hybridized carbons (Fsp3) is 0.0625. The zero-order valence-corrected chi connectivity index (χ0v) is 14.3. The van der Waals surface area contributed by atoms with Crippen LogP contribution in [0, 0.1) is 10.1 Å². The third kappa shape index (κ3) is 3.37. The van der Waals surface area contributed by atoms with Crippen LogP contribution in [0.3, 0.4) is 0 Å². The predicted molar refractivity (Wildman–Crippen MR) is 95.6 cm³/mol. The van der Waals surface area contributed by atoms with E-state index in [0.717, 1.165) is 20.1 Å². The Bertz CT molecular complexity index is 1050. The molecule has 2 heterocycles. The number of aromatic nitrogens is 3. The minimum atomic E-state index is -0.407. The number of nitrogens with zero attached hydrogens (tertiary/aromatic N) is 4. The Kier molecular flexibility index (Phi) is 4.16. The van der Waals surface area contributed by atoms with Gasteiger partial charge in [-0.05, 0) is 18.2 Å². The van der Waals surface area contributed by atoms with Crippen molar-refractivity contribution in [2.45, 2.75) is 10.1 Å². The molecule has 0 aliphatic heterocycles. The summed E-state index contributed by atoms with van der Waals surface area (Å²) in [7, 11) is 0. The number of thiazole rings is 1. The van der Waals surface area contributed by atoms with E-state index in [9.17, 15) is 10.1 Å². The summed E-state index contributed by atoms with van der Waals surface area (Å²) >= 11 is 2.87. The molecule has 0 spiro atoms. The lowest BCUT2D eigenvalue weighted by Gasteiger charge is -1.93. The molecule has 0 aliphatic carbocycles. The Morgan fingerprint density at radius 2 is 2.00 bits per heavy atom. The number of thioether (sulfide) groups is 1. The van der Waals surface area contributed by atoms with Gasteiger partial charge in [-0.15, -0.1) is 21.5 Å². The normalized spacial score (nSPS) is 11.0. The first-order valence-corrected chi connectivity index (χ1v) is 9.05. The lowest BCUT2D eigenvalue weighted by Crippen LogP contribution is -1.85. The van der Waals surface area contributed by atoms with Crippen LogP contribution in [0.15, 0.2) is 57.3 Å². The van der Waals surface area contributed by atoms with E-state index < -0.39 is 4.92 Å². The lowest BCUT2D eigenvalue weighted by atomic mass is 10.2. The Hall–Kier alpha value is -2.78. The van der Waals surface area contributed by atoms with Crippen molar-refractivity contribution in [2.24, 2.45) is 0 Å². The summed E-state index contributed by atoms with van der Waals surface area (Å²) in [6.07, 6.45) is 0. The number of rotatable bonds is 5. The third-order valence-corrected chi connectivity index (χ3v) is 5.52. The van der Waals surface area contributed by atoms with Gasteiger partial charge in [0.15, 0.2) is 4.34 Å². The molecule has 25 heavy (non-hydrogen) atoms. The zero-order chi connectivity index (χ0) is 17.2. The average molecular weight is 370 g/mol. The van der Waals surface area contributed by atoms with Crippen molar-refractivity contribution in [3.63, 3.8) is 0 Å². The molecule has 0 unspecified atom stereocenters. The fourth-order valence-corrected chi connectivity index (χ4v) is 4.14. The maximum absolute atomic E-state index is 10.8. The Morgan fingerprint density at radius 3 is 2.80 bits per heavy atom. The van der Waals surface area contributed by atoms with Crippen LogP contribution >= 0.6 is 23.1 Å². The highest BCUT2D eigenvalue weighted by molar-refractivity contribution is 8.00. The summed E-state index contributed by atoms with van der Waals surface area (Å²) in [5.74, 6) is 1.48. The zero-order valence-electron chi connectivity index (χ0n) is 12.7. The molecule has 124 valence electrons. The van der Waals surface area contributed by atoms with Gasteiger partial charge in [-0.2, -0.15) is 0 Å². The van der Waals surface area contributed by atoms with Crippen molar-refractivity contribution >= 4 is 39.0 Å². The predicted octanol–water partition coefficient (Wildman–Crippen LogP) is 4.55. The average Bonchev–Trinajstić information content (AvgIpc) is 3.26. The molecule has 0 radical (unpaired) electrons. The molecule has 0 bridgehead atoms. The third-order valence-electron chi connectivity index (χ3n) is 3.37. The maximum atomic E-state index is 10.8. The second-order valence-corrected chi connectivity index (χ2v) is 7.30. The molecule has 7 nitrogen and oxygen atoms in total. The van der Waals surface area contributed by atoms with Crippen molar-refractivity contribution in [1.29, 1.82) is 0 Å². The minimum absolute atomic E-state index is 0.0668. The van der Waals surface area contributed by atoms with Gasteiger partial charge in [-0.25, -0.2) is 4.98 Å². The Morgan fingerprint density at radius 1 is 1.16 bits per heavy atom. The fourth-order valence-electron chi connectivity index (χ4n) is 2.20. The first kappa shape index (κ1) is 15.7. The summed E-state index contributed by atoms with van der Waals surface area (Å²) in [5.41, 5.74) is 1.68. The highest BCUT2D eigenvalue weighted by atomic mass is 32.2. The van der Waals surface area contributed by atoms with Crippen molar-refractivity contribution in [1.82, 2.24) is 15.2 Å².